The van der Waals surface area contributed by atoms with Gasteiger partial charge in [0.1, 0.15) is 4.62 Å². The van der Waals surface area contributed by atoms with Crippen molar-refractivity contribution in [2.45, 2.75) is 27.2 Å². The zero-order valence-electron chi connectivity index (χ0n) is 11.5. The van der Waals surface area contributed by atoms with Gasteiger partial charge in [0.15, 0.2) is 0 Å². The van der Waals surface area contributed by atoms with Crippen molar-refractivity contribution in [3.8, 4) is 0 Å². The second-order valence-electron chi connectivity index (χ2n) is 4.24. The lowest BCUT2D eigenvalue weighted by atomic mass is 9.95. The van der Waals surface area contributed by atoms with Gasteiger partial charge >= 0.3 is 0 Å². The van der Waals surface area contributed by atoms with Crippen molar-refractivity contribution in [1.29, 1.82) is 10.8 Å². The van der Waals surface area contributed by atoms with Gasteiger partial charge < -0.3 is 16.0 Å². The molecule has 0 saturated heterocycles. The monoisotopic (exact) mass is 314 g/mol. The Morgan fingerprint density at radius 3 is 2.22 bits per heavy atom. The first-order chi connectivity index (χ1) is 8.43. The highest BCUT2D eigenvalue weighted by molar-refractivity contribution is 9.18. The molecule has 0 aromatic rings. The summed E-state index contributed by atoms with van der Waals surface area (Å²) < 4.78 is 0.343. The standard InChI is InChI=1S/C13H23BrN4/c1-5-18-8-10(12(15)9(2)3)6-11(7-17-4)13(14)16/h7-9,15-18H,5-6H2,1-4H3/b10-8-,11-7-,15-12?,16-13?. The van der Waals surface area contributed by atoms with Crippen LogP contribution in [0.25, 0.3) is 0 Å². The maximum atomic E-state index is 8.10. The summed E-state index contributed by atoms with van der Waals surface area (Å²) in [6.07, 6.45) is 4.22. The molecular formula is C13H23BrN4. The molecule has 18 heavy (non-hydrogen) atoms. The van der Waals surface area contributed by atoms with Crippen molar-refractivity contribution in [3.05, 3.63) is 23.5 Å². The van der Waals surface area contributed by atoms with Crippen molar-refractivity contribution in [2.75, 3.05) is 13.6 Å². The lowest BCUT2D eigenvalue weighted by molar-refractivity contribution is 0.856. The Bertz CT molecular complexity index is 356. The van der Waals surface area contributed by atoms with Gasteiger partial charge in [0.2, 0.25) is 0 Å². The molecule has 102 valence electrons. The Morgan fingerprint density at radius 1 is 1.22 bits per heavy atom. The van der Waals surface area contributed by atoms with Crippen LogP contribution in [0.4, 0.5) is 0 Å². The minimum Gasteiger partial charge on any atom is -0.394 e. The Kier molecular flexibility index (Phi) is 8.37. The van der Waals surface area contributed by atoms with E-state index in [9.17, 15) is 0 Å². The van der Waals surface area contributed by atoms with Gasteiger partial charge in [-0.3, -0.25) is 5.41 Å². The van der Waals surface area contributed by atoms with Crippen LogP contribution in [0.3, 0.4) is 0 Å². The fourth-order valence-corrected chi connectivity index (χ4v) is 1.65. The molecule has 5 heteroatoms. The van der Waals surface area contributed by atoms with Crippen LogP contribution in [0.5, 0.6) is 0 Å². The fourth-order valence-electron chi connectivity index (χ4n) is 1.39. The average Bonchev–Trinajstić information content (AvgIpc) is 2.31. The van der Waals surface area contributed by atoms with Crippen LogP contribution in [0.1, 0.15) is 27.2 Å². The lowest BCUT2D eigenvalue weighted by Gasteiger charge is -2.14. The molecule has 0 rings (SSSR count). The van der Waals surface area contributed by atoms with E-state index in [0.717, 1.165) is 17.7 Å². The van der Waals surface area contributed by atoms with Crippen molar-refractivity contribution in [3.63, 3.8) is 0 Å². The first kappa shape index (κ1) is 16.9. The maximum absolute atomic E-state index is 8.10. The summed E-state index contributed by atoms with van der Waals surface area (Å²) in [5, 5.41) is 21.8. The van der Waals surface area contributed by atoms with E-state index >= 15 is 0 Å². The summed E-state index contributed by atoms with van der Waals surface area (Å²) in [7, 11) is 1.80. The van der Waals surface area contributed by atoms with Gasteiger partial charge in [-0.1, -0.05) is 13.8 Å². The molecule has 0 bridgehead atoms. The van der Waals surface area contributed by atoms with Crippen LogP contribution in [0.2, 0.25) is 0 Å². The van der Waals surface area contributed by atoms with Crippen LogP contribution in [0, 0.1) is 16.7 Å². The number of hydrogen-bond donors (Lipinski definition) is 4. The van der Waals surface area contributed by atoms with Crippen molar-refractivity contribution >= 4 is 26.3 Å². The Morgan fingerprint density at radius 2 is 1.83 bits per heavy atom. The van der Waals surface area contributed by atoms with Crippen LogP contribution in [0.15, 0.2) is 23.5 Å². The normalized spacial score (nSPS) is 12.6. The molecule has 0 aromatic heterocycles. The first-order valence-electron chi connectivity index (χ1n) is 6.05. The average molecular weight is 315 g/mol. The SMILES string of the molecule is CCN/C=C(/C/C(=C/NC)C(=N)Br)C(=N)C(C)C. The molecule has 0 spiro atoms. The van der Waals surface area contributed by atoms with Gasteiger partial charge in [0, 0.05) is 43.7 Å². The van der Waals surface area contributed by atoms with Crippen molar-refractivity contribution < 1.29 is 0 Å². The predicted octanol–water partition coefficient (Wildman–Crippen LogP) is 3.02. The zero-order chi connectivity index (χ0) is 14.1. The van der Waals surface area contributed by atoms with Gasteiger partial charge in [-0.2, -0.15) is 0 Å². The van der Waals surface area contributed by atoms with Gasteiger partial charge in [-0.25, -0.2) is 0 Å². The maximum Gasteiger partial charge on any atom is 0.102 e. The van der Waals surface area contributed by atoms with E-state index in [1.54, 1.807) is 13.2 Å². The van der Waals surface area contributed by atoms with Crippen LogP contribution < -0.4 is 10.6 Å². The summed E-state index contributed by atoms with van der Waals surface area (Å²) in [6, 6.07) is 0. The number of hydrogen-bond acceptors (Lipinski definition) is 4. The molecule has 0 unspecified atom stereocenters. The third-order valence-corrected chi connectivity index (χ3v) is 2.89. The van der Waals surface area contributed by atoms with Gasteiger partial charge in [0.25, 0.3) is 0 Å². The highest BCUT2D eigenvalue weighted by atomic mass is 79.9. The van der Waals surface area contributed by atoms with Crippen molar-refractivity contribution in [1.82, 2.24) is 10.6 Å². The molecule has 0 aliphatic rings. The number of halogens is 1. The van der Waals surface area contributed by atoms with Gasteiger partial charge in [-0.05, 0) is 34.3 Å². The Labute approximate surface area is 118 Å². The molecule has 0 amide bonds. The molecule has 4 N–H and O–H groups in total. The largest absolute Gasteiger partial charge is 0.394 e. The molecule has 0 aliphatic carbocycles. The predicted molar refractivity (Wildman–Crippen MR) is 82.7 cm³/mol. The molecular weight excluding hydrogens is 292 g/mol. The zero-order valence-corrected chi connectivity index (χ0v) is 13.1. The highest BCUT2D eigenvalue weighted by Gasteiger charge is 2.13. The number of nitrogens with one attached hydrogen (secondary N) is 4. The van der Waals surface area contributed by atoms with E-state index in [1.165, 1.54) is 0 Å². The lowest BCUT2D eigenvalue weighted by Crippen LogP contribution is -2.16. The molecule has 0 atom stereocenters. The highest BCUT2D eigenvalue weighted by Crippen LogP contribution is 2.18. The third kappa shape index (κ3) is 6.00. The summed E-state index contributed by atoms with van der Waals surface area (Å²) >= 11 is 3.18. The van der Waals surface area contributed by atoms with E-state index < -0.39 is 0 Å². The Hall–Kier alpha value is -1.10. The minimum absolute atomic E-state index is 0.176. The van der Waals surface area contributed by atoms with Gasteiger partial charge in [-0.15, -0.1) is 0 Å². The van der Waals surface area contributed by atoms with Crippen LogP contribution in [-0.4, -0.2) is 23.9 Å². The van der Waals surface area contributed by atoms with E-state index in [2.05, 4.69) is 26.6 Å². The minimum atomic E-state index is 0.176. The molecule has 0 radical (unpaired) electrons. The van der Waals surface area contributed by atoms with Gasteiger partial charge in [0.05, 0.1) is 0 Å². The first-order valence-corrected chi connectivity index (χ1v) is 6.85. The molecule has 0 heterocycles. The van der Waals surface area contributed by atoms with Crippen molar-refractivity contribution in [2.24, 2.45) is 5.92 Å². The fraction of sp³-hybridized carbons (Fsp3) is 0.538. The van der Waals surface area contributed by atoms with Crippen LogP contribution in [-0.2, 0) is 0 Å². The van der Waals surface area contributed by atoms with E-state index in [4.69, 9.17) is 10.8 Å². The second-order valence-corrected chi connectivity index (χ2v) is 5.04. The molecule has 0 aromatic carbocycles. The topological polar surface area (TPSA) is 71.8 Å². The smallest absolute Gasteiger partial charge is 0.102 e. The van der Waals surface area contributed by atoms with E-state index in [-0.39, 0.29) is 5.92 Å². The number of rotatable bonds is 8. The second kappa shape index (κ2) is 8.91. The van der Waals surface area contributed by atoms with Crippen LogP contribution >= 0.6 is 15.9 Å². The molecule has 4 nitrogen and oxygen atoms in total. The third-order valence-electron chi connectivity index (χ3n) is 2.39. The summed E-state index contributed by atoms with van der Waals surface area (Å²) in [5.41, 5.74) is 2.34. The summed E-state index contributed by atoms with van der Waals surface area (Å²) in [4.78, 5) is 0. The molecule has 0 aliphatic heterocycles. The quantitative estimate of drug-likeness (QED) is 0.520. The van der Waals surface area contributed by atoms with E-state index in [0.29, 0.717) is 16.8 Å². The molecule has 0 saturated carbocycles. The summed E-state index contributed by atoms with van der Waals surface area (Å²) in [6.45, 7) is 6.85. The van der Waals surface area contributed by atoms with E-state index in [1.807, 2.05) is 27.0 Å². The Balaban J connectivity index is 5.05. The molecule has 0 fully saturated rings. The number of allylic oxidation sites excluding steroid dienone is 2. The summed E-state index contributed by atoms with van der Waals surface area (Å²) in [5.74, 6) is 0.176.